The number of aryl methyl sites for hydroxylation is 1. The number of rotatable bonds is 3. The molecule has 7 nitrogen and oxygen atoms in total. The maximum atomic E-state index is 14.9. The fourth-order valence-corrected chi connectivity index (χ4v) is 4.87. The van der Waals surface area contributed by atoms with E-state index in [-0.39, 0.29) is 47.7 Å². The fraction of sp³-hybridized carbons (Fsp3) is 0.308. The molecule has 2 atom stereocenters. The summed E-state index contributed by atoms with van der Waals surface area (Å²) in [7, 11) is 0. The van der Waals surface area contributed by atoms with Crippen molar-refractivity contribution < 1.29 is 18.3 Å². The first-order chi connectivity index (χ1) is 17.0. The molecule has 0 spiro atoms. The van der Waals surface area contributed by atoms with Crippen molar-refractivity contribution in [2.75, 3.05) is 6.61 Å². The molecular formula is C26H22F2N4O3. The molecule has 0 saturated carbocycles. The molecule has 0 aliphatic carbocycles. The standard InChI is InChI=1S/C26H22F2N4O3/c1-14-6-16(10-29-9-14)23-7-15(4-5-35-23)21-11-32-25(31-22-13-34-12-19(22)26(32)33)24(30-21)18-3-2-17(27)8-20(18)28/h2-3,6,8-11,15,23H,4-5,7,12-13H2,1H3/t15-,23+/m0/s1. The zero-order valence-corrected chi connectivity index (χ0v) is 19.0. The number of fused-ring (bicyclic) bond motifs is 2. The Balaban J connectivity index is 1.51. The molecule has 2 aliphatic rings. The van der Waals surface area contributed by atoms with E-state index in [0.29, 0.717) is 36.4 Å². The summed E-state index contributed by atoms with van der Waals surface area (Å²) in [6.45, 7) is 2.88. The van der Waals surface area contributed by atoms with Crippen LogP contribution in [0.15, 0.2) is 47.7 Å². The second-order valence-corrected chi connectivity index (χ2v) is 9.04. The van der Waals surface area contributed by atoms with E-state index in [1.54, 1.807) is 18.6 Å². The Morgan fingerprint density at radius 3 is 2.83 bits per heavy atom. The molecule has 1 fully saturated rings. The lowest BCUT2D eigenvalue weighted by Crippen LogP contribution is -2.24. The van der Waals surface area contributed by atoms with Crippen LogP contribution in [0.25, 0.3) is 16.9 Å². The van der Waals surface area contributed by atoms with Gasteiger partial charge in [-0.25, -0.2) is 18.7 Å². The normalized spacial score (nSPS) is 19.7. The molecule has 0 bridgehead atoms. The Kier molecular flexibility index (Phi) is 5.38. The lowest BCUT2D eigenvalue weighted by Gasteiger charge is -2.30. The Morgan fingerprint density at radius 1 is 1.11 bits per heavy atom. The SMILES string of the molecule is Cc1cncc([C@H]2C[C@@H](c3cn4c(=O)c5c(nc4c(-c4ccc(F)cc4F)n3)COC5)CCO2)c1. The number of hydrogen-bond donors (Lipinski definition) is 0. The van der Waals surface area contributed by atoms with E-state index in [4.69, 9.17) is 14.5 Å². The maximum absolute atomic E-state index is 14.9. The Morgan fingerprint density at radius 2 is 2.00 bits per heavy atom. The van der Waals surface area contributed by atoms with E-state index in [1.165, 1.54) is 16.5 Å². The van der Waals surface area contributed by atoms with Gasteiger partial charge in [-0.05, 0) is 43.0 Å². The van der Waals surface area contributed by atoms with Gasteiger partial charge in [0, 0.05) is 42.7 Å². The summed E-state index contributed by atoms with van der Waals surface area (Å²) < 4.78 is 41.4. The van der Waals surface area contributed by atoms with Crippen LogP contribution in [-0.4, -0.2) is 26.0 Å². The van der Waals surface area contributed by atoms with Crippen LogP contribution in [0.5, 0.6) is 0 Å². The summed E-state index contributed by atoms with van der Waals surface area (Å²) in [5, 5.41) is 0. The monoisotopic (exact) mass is 476 g/mol. The molecule has 178 valence electrons. The van der Waals surface area contributed by atoms with Crippen molar-refractivity contribution in [3.05, 3.63) is 92.9 Å². The highest BCUT2D eigenvalue weighted by Crippen LogP contribution is 2.38. The van der Waals surface area contributed by atoms with Crippen molar-refractivity contribution in [3.63, 3.8) is 0 Å². The second-order valence-electron chi connectivity index (χ2n) is 9.04. The van der Waals surface area contributed by atoms with Gasteiger partial charge in [0.25, 0.3) is 5.56 Å². The molecule has 3 aromatic heterocycles. The van der Waals surface area contributed by atoms with Crippen LogP contribution < -0.4 is 5.56 Å². The number of benzene rings is 1. The minimum atomic E-state index is -0.766. The minimum absolute atomic E-state index is 0.0441. The van der Waals surface area contributed by atoms with E-state index in [1.807, 2.05) is 13.0 Å². The van der Waals surface area contributed by atoms with Gasteiger partial charge in [0.15, 0.2) is 5.65 Å². The van der Waals surface area contributed by atoms with Crippen molar-refractivity contribution in [2.45, 2.75) is 45.0 Å². The number of pyridine rings is 1. The molecule has 2 aliphatic heterocycles. The third-order valence-corrected chi connectivity index (χ3v) is 6.65. The second kappa shape index (κ2) is 8.58. The van der Waals surface area contributed by atoms with Crippen molar-refractivity contribution in [1.82, 2.24) is 19.4 Å². The third kappa shape index (κ3) is 3.90. The zero-order valence-electron chi connectivity index (χ0n) is 19.0. The van der Waals surface area contributed by atoms with Gasteiger partial charge in [-0.15, -0.1) is 0 Å². The molecule has 1 aromatic carbocycles. The van der Waals surface area contributed by atoms with Crippen LogP contribution in [0.3, 0.4) is 0 Å². The molecule has 35 heavy (non-hydrogen) atoms. The lowest BCUT2D eigenvalue weighted by molar-refractivity contribution is 0.00437. The first-order valence-corrected chi connectivity index (χ1v) is 11.5. The van der Waals surface area contributed by atoms with Gasteiger partial charge in [-0.3, -0.25) is 14.2 Å². The fourth-order valence-electron chi connectivity index (χ4n) is 4.87. The molecule has 0 radical (unpaired) electrons. The third-order valence-electron chi connectivity index (χ3n) is 6.65. The van der Waals surface area contributed by atoms with Gasteiger partial charge in [-0.1, -0.05) is 6.07 Å². The number of nitrogens with zero attached hydrogens (tertiary/aromatic N) is 4. The first kappa shape index (κ1) is 21.9. The van der Waals surface area contributed by atoms with Crippen molar-refractivity contribution in [2.24, 2.45) is 0 Å². The molecule has 5 heterocycles. The number of aromatic nitrogens is 4. The summed E-state index contributed by atoms with van der Waals surface area (Å²) >= 11 is 0. The maximum Gasteiger partial charge on any atom is 0.263 e. The number of hydrogen-bond acceptors (Lipinski definition) is 6. The first-order valence-electron chi connectivity index (χ1n) is 11.5. The quantitative estimate of drug-likeness (QED) is 0.436. The van der Waals surface area contributed by atoms with Crippen LogP contribution in [0.4, 0.5) is 8.78 Å². The molecule has 0 amide bonds. The number of halogens is 2. The largest absolute Gasteiger partial charge is 0.373 e. The van der Waals surface area contributed by atoms with Crippen LogP contribution in [-0.2, 0) is 22.7 Å². The minimum Gasteiger partial charge on any atom is -0.373 e. The highest BCUT2D eigenvalue weighted by atomic mass is 19.1. The van der Waals surface area contributed by atoms with E-state index >= 15 is 0 Å². The van der Waals surface area contributed by atoms with Crippen LogP contribution >= 0.6 is 0 Å². The zero-order chi connectivity index (χ0) is 24.1. The van der Waals surface area contributed by atoms with Crippen molar-refractivity contribution in [3.8, 4) is 11.3 Å². The summed E-state index contributed by atoms with van der Waals surface area (Å²) in [6, 6.07) is 5.36. The van der Waals surface area contributed by atoms with Gasteiger partial charge in [0.2, 0.25) is 0 Å². The average Bonchev–Trinajstić information content (AvgIpc) is 3.33. The molecule has 4 aromatic rings. The van der Waals surface area contributed by atoms with E-state index in [9.17, 15) is 13.6 Å². The molecular weight excluding hydrogens is 454 g/mol. The molecule has 6 rings (SSSR count). The van der Waals surface area contributed by atoms with Crippen LogP contribution in [0, 0.1) is 18.6 Å². The molecule has 9 heteroatoms. The average molecular weight is 476 g/mol. The highest BCUT2D eigenvalue weighted by molar-refractivity contribution is 5.74. The van der Waals surface area contributed by atoms with Gasteiger partial charge in [0.05, 0.1) is 36.3 Å². The highest BCUT2D eigenvalue weighted by Gasteiger charge is 2.29. The molecule has 1 saturated heterocycles. The predicted octanol–water partition coefficient (Wildman–Crippen LogP) is 4.40. The van der Waals surface area contributed by atoms with Crippen LogP contribution in [0.1, 0.15) is 52.9 Å². The summed E-state index contributed by atoms with van der Waals surface area (Å²) in [6.07, 6.45) is 6.43. The molecule has 0 N–H and O–H groups in total. The van der Waals surface area contributed by atoms with Crippen LogP contribution in [0.2, 0.25) is 0 Å². The smallest absolute Gasteiger partial charge is 0.263 e. The summed E-state index contributed by atoms with van der Waals surface area (Å²) in [5.41, 5.74) is 3.91. The summed E-state index contributed by atoms with van der Waals surface area (Å²) in [5.74, 6) is -1.50. The van der Waals surface area contributed by atoms with Crippen molar-refractivity contribution in [1.29, 1.82) is 0 Å². The lowest BCUT2D eigenvalue weighted by atomic mass is 9.89. The predicted molar refractivity (Wildman–Crippen MR) is 123 cm³/mol. The van der Waals surface area contributed by atoms with Gasteiger partial charge >= 0.3 is 0 Å². The van der Waals surface area contributed by atoms with E-state index < -0.39 is 11.6 Å². The van der Waals surface area contributed by atoms with Gasteiger partial charge < -0.3 is 9.47 Å². The number of ether oxygens (including phenoxy) is 2. The Labute approximate surface area is 199 Å². The van der Waals surface area contributed by atoms with E-state index in [2.05, 4.69) is 9.97 Å². The Hall–Kier alpha value is -3.56. The topological polar surface area (TPSA) is 78.6 Å². The molecule has 0 unspecified atom stereocenters. The summed E-state index contributed by atoms with van der Waals surface area (Å²) in [4.78, 5) is 27.0. The van der Waals surface area contributed by atoms with Crippen molar-refractivity contribution >= 4 is 5.65 Å². The van der Waals surface area contributed by atoms with Gasteiger partial charge in [0.1, 0.15) is 17.3 Å². The Bertz CT molecular complexity index is 1520. The van der Waals surface area contributed by atoms with E-state index in [0.717, 1.165) is 17.2 Å². The van der Waals surface area contributed by atoms with Gasteiger partial charge in [-0.2, -0.15) is 0 Å².